The predicted octanol–water partition coefficient (Wildman–Crippen LogP) is 3.03. The van der Waals surface area contributed by atoms with E-state index >= 15 is 0 Å². The summed E-state index contributed by atoms with van der Waals surface area (Å²) >= 11 is 0. The van der Waals surface area contributed by atoms with Gasteiger partial charge in [-0.2, -0.15) is 4.98 Å². The van der Waals surface area contributed by atoms with Crippen LogP contribution in [-0.2, 0) is 6.54 Å². The van der Waals surface area contributed by atoms with Crippen molar-refractivity contribution in [3.63, 3.8) is 0 Å². The van der Waals surface area contributed by atoms with Crippen molar-refractivity contribution in [3.8, 4) is 11.8 Å². The van der Waals surface area contributed by atoms with Crippen LogP contribution in [0.4, 0.5) is 5.69 Å². The number of nitrogens with zero attached hydrogens (tertiary/aromatic N) is 2. The van der Waals surface area contributed by atoms with Gasteiger partial charge in [0, 0.05) is 38.4 Å². The Hall–Kier alpha value is -2.01. The fourth-order valence-corrected chi connectivity index (χ4v) is 1.65. The summed E-state index contributed by atoms with van der Waals surface area (Å²) < 4.78 is 10.9. The van der Waals surface area contributed by atoms with E-state index in [1.807, 2.05) is 43.3 Å². The molecule has 0 aliphatic carbocycles. The van der Waals surface area contributed by atoms with Gasteiger partial charge in [-0.15, -0.1) is 0 Å². The van der Waals surface area contributed by atoms with Crippen LogP contribution < -0.4 is 15.0 Å². The summed E-state index contributed by atoms with van der Waals surface area (Å²) in [5, 5.41) is 3.28. The third-order valence-electron chi connectivity index (χ3n) is 2.76. The highest BCUT2D eigenvalue weighted by Crippen LogP contribution is 2.24. The van der Waals surface area contributed by atoms with E-state index in [1.54, 1.807) is 6.26 Å². The number of nitrogens with one attached hydrogen (secondary N) is 1. The van der Waals surface area contributed by atoms with Gasteiger partial charge in [-0.1, -0.05) is 19.9 Å². The first-order chi connectivity index (χ1) is 9.54. The van der Waals surface area contributed by atoms with Crippen molar-refractivity contribution >= 4 is 5.69 Å². The van der Waals surface area contributed by atoms with E-state index in [2.05, 4.69) is 24.1 Å². The largest absolute Gasteiger partial charge is 0.417 e. The van der Waals surface area contributed by atoms with Crippen molar-refractivity contribution in [2.75, 3.05) is 19.0 Å². The average molecular weight is 275 g/mol. The van der Waals surface area contributed by atoms with E-state index < -0.39 is 0 Å². The second kappa shape index (κ2) is 6.43. The molecule has 1 aromatic carbocycles. The lowest BCUT2D eigenvalue weighted by molar-refractivity contribution is 0.331. The molecule has 0 aliphatic heterocycles. The Labute approximate surface area is 119 Å². The molecule has 1 N–H and O–H groups in total. The van der Waals surface area contributed by atoms with Crippen molar-refractivity contribution in [1.29, 1.82) is 0 Å². The van der Waals surface area contributed by atoms with E-state index in [0.29, 0.717) is 18.3 Å². The number of oxazole rings is 1. The first-order valence-corrected chi connectivity index (χ1v) is 6.67. The molecule has 0 unspecified atom stereocenters. The van der Waals surface area contributed by atoms with E-state index in [9.17, 15) is 0 Å². The average Bonchev–Trinajstić information content (AvgIpc) is 2.84. The summed E-state index contributed by atoms with van der Waals surface area (Å²) in [6.07, 6.45) is 1.88. The summed E-state index contributed by atoms with van der Waals surface area (Å²) in [7, 11) is 3.97. The molecule has 1 heterocycles. The molecule has 1 aromatic heterocycles. The molecule has 0 bridgehead atoms. The van der Waals surface area contributed by atoms with Gasteiger partial charge in [0.2, 0.25) is 0 Å². The molecule has 0 spiro atoms. The van der Waals surface area contributed by atoms with Gasteiger partial charge in [0.1, 0.15) is 12.0 Å². The standard InChI is InChI=1S/C15H21N3O2/c1-11(2)16-9-12-10-19-15(17-12)20-14-7-5-6-13(8-14)18(3)4/h5-8,10-11,16H,9H2,1-4H3. The number of anilines is 1. The highest BCUT2D eigenvalue weighted by Gasteiger charge is 2.07. The molecule has 5 heteroatoms. The first kappa shape index (κ1) is 14.4. The van der Waals surface area contributed by atoms with E-state index in [1.165, 1.54) is 0 Å². The van der Waals surface area contributed by atoms with Crippen molar-refractivity contribution < 1.29 is 9.15 Å². The lowest BCUT2D eigenvalue weighted by Gasteiger charge is -2.12. The van der Waals surface area contributed by atoms with Crippen molar-refractivity contribution in [1.82, 2.24) is 10.3 Å². The molecule has 5 nitrogen and oxygen atoms in total. The zero-order chi connectivity index (χ0) is 14.5. The Morgan fingerprint density at radius 2 is 2.15 bits per heavy atom. The fourth-order valence-electron chi connectivity index (χ4n) is 1.65. The smallest absolute Gasteiger partial charge is 0.399 e. The minimum Gasteiger partial charge on any atom is -0.417 e. The minimum atomic E-state index is 0.265. The van der Waals surface area contributed by atoms with Crippen LogP contribution in [0.3, 0.4) is 0 Å². The topological polar surface area (TPSA) is 50.5 Å². The van der Waals surface area contributed by atoms with Gasteiger partial charge >= 0.3 is 6.08 Å². The summed E-state index contributed by atoms with van der Waals surface area (Å²) in [5.41, 5.74) is 1.90. The summed E-state index contributed by atoms with van der Waals surface area (Å²) in [6, 6.07) is 8.18. The number of benzene rings is 1. The summed E-state index contributed by atoms with van der Waals surface area (Å²) in [5.74, 6) is 0.710. The van der Waals surface area contributed by atoms with Crippen LogP contribution in [0.15, 0.2) is 34.9 Å². The molecule has 2 rings (SSSR count). The van der Waals surface area contributed by atoms with Crippen LogP contribution in [0.25, 0.3) is 0 Å². The molecule has 2 aromatic rings. The Morgan fingerprint density at radius 1 is 1.35 bits per heavy atom. The van der Waals surface area contributed by atoms with Gasteiger partial charge in [0.05, 0.1) is 5.69 Å². The lowest BCUT2D eigenvalue weighted by atomic mass is 10.3. The minimum absolute atomic E-state index is 0.265. The molecular formula is C15H21N3O2. The van der Waals surface area contributed by atoms with Gasteiger partial charge in [-0.05, 0) is 12.1 Å². The first-order valence-electron chi connectivity index (χ1n) is 6.67. The van der Waals surface area contributed by atoms with Gasteiger partial charge < -0.3 is 19.4 Å². The molecule has 0 radical (unpaired) electrons. The van der Waals surface area contributed by atoms with Crippen LogP contribution in [0.2, 0.25) is 0 Å². The highest BCUT2D eigenvalue weighted by atomic mass is 16.6. The Balaban J connectivity index is 2.01. The number of hydrogen-bond donors (Lipinski definition) is 1. The Morgan fingerprint density at radius 3 is 2.85 bits per heavy atom. The van der Waals surface area contributed by atoms with E-state index in [-0.39, 0.29) is 6.08 Å². The SMILES string of the molecule is CC(C)NCc1coc(Oc2cccc(N(C)C)c2)n1. The normalized spacial score (nSPS) is 10.8. The number of hydrogen-bond acceptors (Lipinski definition) is 5. The zero-order valence-electron chi connectivity index (χ0n) is 12.4. The van der Waals surface area contributed by atoms with Crippen molar-refractivity contribution in [3.05, 3.63) is 36.2 Å². The summed E-state index contributed by atoms with van der Waals surface area (Å²) in [4.78, 5) is 6.30. The molecule has 0 saturated carbocycles. The van der Waals surface area contributed by atoms with Gasteiger partial charge in [-0.3, -0.25) is 0 Å². The maximum absolute atomic E-state index is 5.62. The van der Waals surface area contributed by atoms with Gasteiger partial charge in [-0.25, -0.2) is 0 Å². The molecule has 0 atom stereocenters. The third kappa shape index (κ3) is 3.99. The maximum Gasteiger partial charge on any atom is 0.399 e. The predicted molar refractivity (Wildman–Crippen MR) is 79.3 cm³/mol. The van der Waals surface area contributed by atoms with Crippen LogP contribution in [-0.4, -0.2) is 25.1 Å². The highest BCUT2D eigenvalue weighted by molar-refractivity contribution is 5.49. The number of aromatic nitrogens is 1. The number of rotatable bonds is 6. The zero-order valence-corrected chi connectivity index (χ0v) is 12.4. The quantitative estimate of drug-likeness (QED) is 0.878. The summed E-state index contributed by atoms with van der Waals surface area (Å²) in [6.45, 7) is 4.84. The molecule has 108 valence electrons. The second-order valence-corrected chi connectivity index (χ2v) is 5.13. The molecule has 0 aliphatic rings. The fraction of sp³-hybridized carbons (Fsp3) is 0.400. The third-order valence-corrected chi connectivity index (χ3v) is 2.76. The van der Waals surface area contributed by atoms with Crippen molar-refractivity contribution in [2.45, 2.75) is 26.4 Å². The van der Waals surface area contributed by atoms with Gasteiger partial charge in [0.15, 0.2) is 0 Å². The lowest BCUT2D eigenvalue weighted by Crippen LogP contribution is -2.21. The Kier molecular flexibility index (Phi) is 4.63. The van der Waals surface area contributed by atoms with Crippen LogP contribution in [0, 0.1) is 0 Å². The molecule has 0 amide bonds. The maximum atomic E-state index is 5.62. The monoisotopic (exact) mass is 275 g/mol. The molecule has 20 heavy (non-hydrogen) atoms. The second-order valence-electron chi connectivity index (χ2n) is 5.13. The Bertz CT molecular complexity index is 550. The number of ether oxygens (including phenoxy) is 1. The van der Waals surface area contributed by atoms with Crippen LogP contribution >= 0.6 is 0 Å². The molecule has 0 fully saturated rings. The van der Waals surface area contributed by atoms with Gasteiger partial charge in [0.25, 0.3) is 0 Å². The van der Waals surface area contributed by atoms with Crippen LogP contribution in [0.5, 0.6) is 11.8 Å². The van der Waals surface area contributed by atoms with Crippen molar-refractivity contribution in [2.24, 2.45) is 0 Å². The molecule has 0 saturated heterocycles. The molecular weight excluding hydrogens is 254 g/mol. The van der Waals surface area contributed by atoms with E-state index in [0.717, 1.165) is 11.4 Å². The van der Waals surface area contributed by atoms with E-state index in [4.69, 9.17) is 9.15 Å². The van der Waals surface area contributed by atoms with Crippen LogP contribution in [0.1, 0.15) is 19.5 Å².